The van der Waals surface area contributed by atoms with E-state index in [2.05, 4.69) is 17.4 Å². The van der Waals surface area contributed by atoms with Crippen molar-refractivity contribution in [1.82, 2.24) is 5.32 Å². The van der Waals surface area contributed by atoms with Crippen LogP contribution in [-0.4, -0.2) is 13.7 Å². The van der Waals surface area contributed by atoms with Crippen molar-refractivity contribution in [2.75, 3.05) is 13.7 Å². The molecule has 0 amide bonds. The highest BCUT2D eigenvalue weighted by molar-refractivity contribution is 5.27. The van der Waals surface area contributed by atoms with Gasteiger partial charge in [0.2, 0.25) is 0 Å². The molecule has 1 aromatic rings. The molecule has 0 radical (unpaired) electrons. The van der Waals surface area contributed by atoms with Gasteiger partial charge in [-0.05, 0) is 37.0 Å². The maximum absolute atomic E-state index is 5.21. The van der Waals surface area contributed by atoms with Crippen LogP contribution in [0.3, 0.4) is 0 Å². The molecule has 0 aliphatic rings. The molecular weight excluding hydrogens is 200 g/mol. The van der Waals surface area contributed by atoms with E-state index < -0.39 is 0 Å². The summed E-state index contributed by atoms with van der Waals surface area (Å²) in [6.07, 6.45) is 6.73. The Bertz CT molecular complexity index is 306. The third kappa shape index (κ3) is 4.73. The van der Waals surface area contributed by atoms with E-state index in [0.717, 1.165) is 25.1 Å². The largest absolute Gasteiger partial charge is 0.497 e. The first kappa shape index (κ1) is 12.4. The summed E-state index contributed by atoms with van der Waals surface area (Å²) in [6, 6.07) is 8.24. The Labute approximate surface area is 97.3 Å². The molecule has 0 unspecified atom stereocenters. The monoisotopic (exact) mass is 220 g/mol. The smallest absolute Gasteiger partial charge is 0.118 e. The van der Waals surface area contributed by atoms with Crippen LogP contribution in [0.4, 0.5) is 0 Å². The SMILES string of the molecule is COc1ccc(CCCCN/C=C\N)cc1. The van der Waals surface area contributed by atoms with Gasteiger partial charge in [-0.1, -0.05) is 12.1 Å². The van der Waals surface area contributed by atoms with Gasteiger partial charge >= 0.3 is 0 Å². The number of aryl methyl sites for hydroxylation is 1. The summed E-state index contributed by atoms with van der Waals surface area (Å²) in [5, 5.41) is 3.11. The fraction of sp³-hybridized carbons (Fsp3) is 0.385. The van der Waals surface area contributed by atoms with Gasteiger partial charge in [-0.15, -0.1) is 0 Å². The van der Waals surface area contributed by atoms with E-state index in [1.165, 1.54) is 18.2 Å². The van der Waals surface area contributed by atoms with Crippen molar-refractivity contribution in [3.63, 3.8) is 0 Å². The van der Waals surface area contributed by atoms with Crippen molar-refractivity contribution in [2.24, 2.45) is 5.73 Å². The van der Waals surface area contributed by atoms with Gasteiger partial charge in [0.15, 0.2) is 0 Å². The number of ether oxygens (including phenoxy) is 1. The average molecular weight is 220 g/mol. The van der Waals surface area contributed by atoms with Crippen LogP contribution in [-0.2, 0) is 6.42 Å². The van der Waals surface area contributed by atoms with Gasteiger partial charge in [0.1, 0.15) is 5.75 Å². The summed E-state index contributed by atoms with van der Waals surface area (Å²) in [5.74, 6) is 0.915. The molecule has 0 bridgehead atoms. The predicted octanol–water partition coefficient (Wildman–Crippen LogP) is 2.04. The number of methoxy groups -OCH3 is 1. The zero-order chi connectivity index (χ0) is 11.6. The second-order valence-corrected chi connectivity index (χ2v) is 3.62. The summed E-state index contributed by atoms with van der Waals surface area (Å²) in [7, 11) is 1.69. The Morgan fingerprint density at radius 3 is 2.62 bits per heavy atom. The minimum absolute atomic E-state index is 0.915. The zero-order valence-electron chi connectivity index (χ0n) is 9.78. The highest BCUT2D eigenvalue weighted by Gasteiger charge is 1.94. The topological polar surface area (TPSA) is 47.3 Å². The number of unbranched alkanes of at least 4 members (excludes halogenated alkanes) is 1. The van der Waals surface area contributed by atoms with E-state index in [0.29, 0.717) is 0 Å². The Morgan fingerprint density at radius 1 is 1.25 bits per heavy atom. The molecule has 0 atom stereocenters. The molecule has 0 saturated heterocycles. The first-order valence-electron chi connectivity index (χ1n) is 5.60. The zero-order valence-corrected chi connectivity index (χ0v) is 9.78. The van der Waals surface area contributed by atoms with E-state index in [1.807, 2.05) is 12.1 Å². The van der Waals surface area contributed by atoms with Gasteiger partial charge in [0.25, 0.3) is 0 Å². The predicted molar refractivity (Wildman–Crippen MR) is 67.3 cm³/mol. The molecule has 0 saturated carbocycles. The molecule has 16 heavy (non-hydrogen) atoms. The van der Waals surface area contributed by atoms with Crippen LogP contribution in [0, 0.1) is 0 Å². The molecule has 3 N–H and O–H groups in total. The highest BCUT2D eigenvalue weighted by Crippen LogP contribution is 2.12. The molecule has 0 aliphatic carbocycles. The summed E-state index contributed by atoms with van der Waals surface area (Å²) < 4.78 is 5.11. The van der Waals surface area contributed by atoms with Gasteiger partial charge < -0.3 is 15.8 Å². The van der Waals surface area contributed by atoms with Crippen molar-refractivity contribution in [3.05, 3.63) is 42.2 Å². The third-order valence-electron chi connectivity index (χ3n) is 2.41. The standard InChI is InChI=1S/C13H20N2O/c1-16-13-7-5-12(6-8-13)4-2-3-10-15-11-9-14/h5-9,11,15H,2-4,10,14H2,1H3/b11-9-. The van der Waals surface area contributed by atoms with Gasteiger partial charge in [-0.3, -0.25) is 0 Å². The van der Waals surface area contributed by atoms with Crippen LogP contribution in [0.25, 0.3) is 0 Å². The molecule has 3 nitrogen and oxygen atoms in total. The maximum Gasteiger partial charge on any atom is 0.118 e. The van der Waals surface area contributed by atoms with E-state index >= 15 is 0 Å². The first-order chi connectivity index (χ1) is 7.86. The van der Waals surface area contributed by atoms with Crippen LogP contribution >= 0.6 is 0 Å². The molecule has 1 aromatic carbocycles. The van der Waals surface area contributed by atoms with E-state index in [1.54, 1.807) is 13.3 Å². The molecule has 3 heteroatoms. The van der Waals surface area contributed by atoms with Crippen LogP contribution < -0.4 is 15.8 Å². The van der Waals surface area contributed by atoms with Crippen LogP contribution in [0.1, 0.15) is 18.4 Å². The first-order valence-corrected chi connectivity index (χ1v) is 5.60. The molecule has 0 aromatic heterocycles. The Kier molecular flexibility index (Phi) is 5.92. The highest BCUT2D eigenvalue weighted by atomic mass is 16.5. The normalized spacial score (nSPS) is 10.6. The lowest BCUT2D eigenvalue weighted by Gasteiger charge is -2.03. The minimum atomic E-state index is 0.915. The van der Waals surface area contributed by atoms with Gasteiger partial charge in [-0.2, -0.15) is 0 Å². The average Bonchev–Trinajstić information content (AvgIpc) is 2.34. The van der Waals surface area contributed by atoms with Crippen LogP contribution in [0.15, 0.2) is 36.7 Å². The lowest BCUT2D eigenvalue weighted by Crippen LogP contribution is -2.07. The Balaban J connectivity index is 2.16. The fourth-order valence-electron chi connectivity index (χ4n) is 1.50. The summed E-state index contributed by atoms with van der Waals surface area (Å²) in [4.78, 5) is 0. The number of hydrogen-bond donors (Lipinski definition) is 2. The summed E-state index contributed by atoms with van der Waals surface area (Å²) in [6.45, 7) is 0.976. The van der Waals surface area contributed by atoms with Crippen molar-refractivity contribution in [2.45, 2.75) is 19.3 Å². The van der Waals surface area contributed by atoms with E-state index in [9.17, 15) is 0 Å². The van der Waals surface area contributed by atoms with Gasteiger partial charge in [0.05, 0.1) is 7.11 Å². The Hall–Kier alpha value is -1.64. The van der Waals surface area contributed by atoms with E-state index in [4.69, 9.17) is 10.5 Å². The molecule has 0 heterocycles. The van der Waals surface area contributed by atoms with Crippen molar-refractivity contribution >= 4 is 0 Å². The number of benzene rings is 1. The number of rotatable bonds is 7. The molecule has 1 rings (SSSR count). The van der Waals surface area contributed by atoms with Crippen LogP contribution in [0.5, 0.6) is 5.75 Å². The van der Waals surface area contributed by atoms with Crippen molar-refractivity contribution in [1.29, 1.82) is 0 Å². The quantitative estimate of drug-likeness (QED) is 0.691. The molecule has 0 fully saturated rings. The number of nitrogens with two attached hydrogens (primary N) is 1. The van der Waals surface area contributed by atoms with Crippen molar-refractivity contribution in [3.8, 4) is 5.75 Å². The Morgan fingerprint density at radius 2 is 2.00 bits per heavy atom. The van der Waals surface area contributed by atoms with Gasteiger partial charge in [-0.25, -0.2) is 0 Å². The molecule has 88 valence electrons. The lowest BCUT2D eigenvalue weighted by molar-refractivity contribution is 0.414. The van der Waals surface area contributed by atoms with Crippen molar-refractivity contribution < 1.29 is 4.74 Å². The van der Waals surface area contributed by atoms with Crippen LogP contribution in [0.2, 0.25) is 0 Å². The second-order valence-electron chi connectivity index (χ2n) is 3.62. The second kappa shape index (κ2) is 7.63. The lowest BCUT2D eigenvalue weighted by atomic mass is 10.1. The minimum Gasteiger partial charge on any atom is -0.497 e. The van der Waals surface area contributed by atoms with Gasteiger partial charge in [0, 0.05) is 18.9 Å². The third-order valence-corrected chi connectivity index (χ3v) is 2.41. The fourth-order valence-corrected chi connectivity index (χ4v) is 1.50. The number of nitrogens with one attached hydrogen (secondary N) is 1. The summed E-state index contributed by atoms with van der Waals surface area (Å²) in [5.41, 5.74) is 6.56. The van der Waals surface area contributed by atoms with E-state index in [-0.39, 0.29) is 0 Å². The molecular formula is C13H20N2O. The molecule has 0 aliphatic heterocycles. The number of hydrogen-bond acceptors (Lipinski definition) is 3. The maximum atomic E-state index is 5.21. The summed E-state index contributed by atoms with van der Waals surface area (Å²) >= 11 is 0. The molecule has 0 spiro atoms.